The van der Waals surface area contributed by atoms with E-state index in [1.54, 1.807) is 33.3 Å². The fourth-order valence-corrected chi connectivity index (χ4v) is 3.88. The zero-order chi connectivity index (χ0) is 18.7. The van der Waals surface area contributed by atoms with Gasteiger partial charge in [-0.1, -0.05) is 29.8 Å². The fourth-order valence-electron chi connectivity index (χ4n) is 2.47. The van der Waals surface area contributed by atoms with Gasteiger partial charge in [0, 0.05) is 15.6 Å². The highest BCUT2D eigenvalue weighted by molar-refractivity contribution is 7.21. The summed E-state index contributed by atoms with van der Waals surface area (Å²) in [6, 6.07) is 13.1. The maximum Gasteiger partial charge on any atom is 0.283 e. The molecule has 134 valence electrons. The van der Waals surface area contributed by atoms with E-state index in [2.05, 4.69) is 10.5 Å². The number of fused-ring (bicyclic) bond motifs is 1. The summed E-state index contributed by atoms with van der Waals surface area (Å²) >= 11 is 7.67. The van der Waals surface area contributed by atoms with Crippen molar-refractivity contribution >= 4 is 44.6 Å². The number of thiophene rings is 1. The minimum absolute atomic E-state index is 0.337. The number of methoxy groups -OCH3 is 2. The van der Waals surface area contributed by atoms with Crippen LogP contribution in [0.25, 0.3) is 10.1 Å². The van der Waals surface area contributed by atoms with E-state index < -0.39 is 0 Å². The number of rotatable bonds is 5. The fraction of sp³-hybridized carbons (Fsp3) is 0.158. The molecule has 0 aliphatic heterocycles. The van der Waals surface area contributed by atoms with Gasteiger partial charge >= 0.3 is 0 Å². The van der Waals surface area contributed by atoms with Crippen molar-refractivity contribution in [2.24, 2.45) is 5.10 Å². The molecule has 0 aliphatic carbocycles. The largest absolute Gasteiger partial charge is 0.493 e. The molecule has 0 unspecified atom stereocenters. The van der Waals surface area contributed by atoms with E-state index >= 15 is 0 Å². The average Bonchev–Trinajstić information content (AvgIpc) is 3.02. The van der Waals surface area contributed by atoms with Crippen LogP contribution in [0.3, 0.4) is 0 Å². The van der Waals surface area contributed by atoms with E-state index in [0.717, 1.165) is 15.6 Å². The summed E-state index contributed by atoms with van der Waals surface area (Å²) in [6.07, 6.45) is 0. The standard InChI is InChI=1S/C19H17ClN2O3S/c1-11(12-8-9-14(24-2)15(10-12)25-3)21-22-19(23)18-17(20)13-6-4-5-7-16(13)26-18/h4-10H,1-3H3,(H,22,23)/b21-11+. The van der Waals surface area contributed by atoms with Crippen LogP contribution in [0.4, 0.5) is 0 Å². The topological polar surface area (TPSA) is 59.9 Å². The Morgan fingerprint density at radius 3 is 2.54 bits per heavy atom. The van der Waals surface area contributed by atoms with E-state index in [4.69, 9.17) is 21.1 Å². The van der Waals surface area contributed by atoms with Gasteiger partial charge in [0.25, 0.3) is 5.91 Å². The van der Waals surface area contributed by atoms with Crippen LogP contribution >= 0.6 is 22.9 Å². The Bertz CT molecular complexity index is 998. The molecule has 1 aromatic heterocycles. The second kappa shape index (κ2) is 7.76. The van der Waals surface area contributed by atoms with E-state index in [-0.39, 0.29) is 5.91 Å². The Morgan fingerprint density at radius 2 is 1.85 bits per heavy atom. The second-order valence-corrected chi connectivity index (χ2v) is 6.88. The summed E-state index contributed by atoms with van der Waals surface area (Å²) in [5, 5.41) is 5.49. The van der Waals surface area contributed by atoms with E-state index in [9.17, 15) is 4.79 Å². The number of hydrazone groups is 1. The first-order valence-electron chi connectivity index (χ1n) is 7.79. The molecule has 3 aromatic rings. The van der Waals surface area contributed by atoms with Gasteiger partial charge in [-0.2, -0.15) is 5.10 Å². The van der Waals surface area contributed by atoms with Crippen LogP contribution in [0.2, 0.25) is 5.02 Å². The summed E-state index contributed by atoms with van der Waals surface area (Å²) in [5.41, 5.74) is 4.01. The molecule has 0 atom stereocenters. The molecule has 0 radical (unpaired) electrons. The van der Waals surface area contributed by atoms with Gasteiger partial charge in [0.1, 0.15) is 4.88 Å². The van der Waals surface area contributed by atoms with Gasteiger partial charge in [-0.3, -0.25) is 4.79 Å². The predicted octanol–water partition coefficient (Wildman–Crippen LogP) is 4.73. The maximum atomic E-state index is 12.5. The number of halogens is 1. The molecule has 0 saturated carbocycles. The molecule has 1 N–H and O–H groups in total. The van der Waals surface area contributed by atoms with Gasteiger partial charge in [0.2, 0.25) is 0 Å². The van der Waals surface area contributed by atoms with Crippen molar-refractivity contribution in [1.29, 1.82) is 0 Å². The van der Waals surface area contributed by atoms with E-state index in [0.29, 0.717) is 27.1 Å². The number of nitrogens with zero attached hydrogens (tertiary/aromatic N) is 1. The van der Waals surface area contributed by atoms with Crippen molar-refractivity contribution in [3.05, 3.63) is 57.9 Å². The molecule has 1 amide bonds. The number of ether oxygens (including phenoxy) is 2. The summed E-state index contributed by atoms with van der Waals surface area (Å²) in [5.74, 6) is 0.889. The predicted molar refractivity (Wildman–Crippen MR) is 106 cm³/mol. The quantitative estimate of drug-likeness (QED) is 0.508. The van der Waals surface area contributed by atoms with E-state index in [1.807, 2.05) is 30.3 Å². The van der Waals surface area contributed by atoms with Crippen LogP contribution in [0, 0.1) is 0 Å². The Kier molecular flexibility index (Phi) is 5.44. The maximum absolute atomic E-state index is 12.5. The molecule has 0 saturated heterocycles. The van der Waals surface area contributed by atoms with E-state index in [1.165, 1.54) is 11.3 Å². The van der Waals surface area contributed by atoms with Crippen molar-refractivity contribution in [2.45, 2.75) is 6.92 Å². The summed E-state index contributed by atoms with van der Waals surface area (Å²) in [4.78, 5) is 12.9. The zero-order valence-electron chi connectivity index (χ0n) is 14.5. The lowest BCUT2D eigenvalue weighted by atomic mass is 10.1. The SMILES string of the molecule is COc1ccc(/C(C)=N/NC(=O)c2sc3ccccc3c2Cl)cc1OC. The molecular formula is C19H17ClN2O3S. The molecular weight excluding hydrogens is 372 g/mol. The molecule has 7 heteroatoms. The molecule has 0 spiro atoms. The molecule has 5 nitrogen and oxygen atoms in total. The van der Waals surface area contributed by atoms with Crippen LogP contribution in [-0.4, -0.2) is 25.8 Å². The first kappa shape index (κ1) is 18.2. The van der Waals surface area contributed by atoms with Crippen molar-refractivity contribution in [1.82, 2.24) is 5.43 Å². The van der Waals surface area contributed by atoms with Crippen LogP contribution in [0.15, 0.2) is 47.6 Å². The van der Waals surface area contributed by atoms with Crippen LogP contribution in [-0.2, 0) is 0 Å². The lowest BCUT2D eigenvalue weighted by Crippen LogP contribution is -2.18. The third kappa shape index (κ3) is 3.52. The average molecular weight is 389 g/mol. The Balaban J connectivity index is 1.82. The zero-order valence-corrected chi connectivity index (χ0v) is 16.1. The molecule has 0 aliphatic rings. The first-order chi connectivity index (χ1) is 12.5. The number of benzene rings is 2. The Labute approximate surface area is 160 Å². The monoisotopic (exact) mass is 388 g/mol. The van der Waals surface area contributed by atoms with Gasteiger partial charge < -0.3 is 9.47 Å². The third-order valence-corrected chi connectivity index (χ3v) is 5.54. The van der Waals surface area contributed by atoms with Gasteiger partial charge in [0.05, 0.1) is 25.0 Å². The Morgan fingerprint density at radius 1 is 1.12 bits per heavy atom. The minimum atomic E-state index is -0.337. The van der Waals surface area contributed by atoms with Crippen LogP contribution < -0.4 is 14.9 Å². The molecule has 2 aromatic carbocycles. The normalized spacial score (nSPS) is 11.5. The molecule has 1 heterocycles. The number of hydrogen-bond acceptors (Lipinski definition) is 5. The van der Waals surface area contributed by atoms with Crippen molar-refractivity contribution < 1.29 is 14.3 Å². The number of carbonyl (C=O) groups excluding carboxylic acids is 1. The Hall–Kier alpha value is -2.57. The number of nitrogens with one attached hydrogen (secondary N) is 1. The highest BCUT2D eigenvalue weighted by Crippen LogP contribution is 2.35. The molecule has 3 rings (SSSR count). The number of hydrogen-bond donors (Lipinski definition) is 1. The minimum Gasteiger partial charge on any atom is -0.493 e. The van der Waals surface area contributed by atoms with Crippen molar-refractivity contribution in [2.75, 3.05) is 14.2 Å². The summed E-state index contributed by atoms with van der Waals surface area (Å²) < 4.78 is 11.5. The summed E-state index contributed by atoms with van der Waals surface area (Å²) in [7, 11) is 3.15. The van der Waals surface area contributed by atoms with Gasteiger partial charge in [-0.25, -0.2) is 5.43 Å². The van der Waals surface area contributed by atoms with Crippen LogP contribution in [0.1, 0.15) is 22.2 Å². The first-order valence-corrected chi connectivity index (χ1v) is 8.98. The lowest BCUT2D eigenvalue weighted by molar-refractivity contribution is 0.0959. The molecule has 0 fully saturated rings. The molecule has 0 bridgehead atoms. The van der Waals surface area contributed by atoms with Gasteiger partial charge in [-0.05, 0) is 31.2 Å². The third-order valence-electron chi connectivity index (χ3n) is 3.87. The van der Waals surface area contributed by atoms with Gasteiger partial charge in [0.15, 0.2) is 11.5 Å². The second-order valence-electron chi connectivity index (χ2n) is 5.45. The lowest BCUT2D eigenvalue weighted by Gasteiger charge is -2.09. The highest BCUT2D eigenvalue weighted by atomic mass is 35.5. The summed E-state index contributed by atoms with van der Waals surface area (Å²) in [6.45, 7) is 1.80. The molecule has 26 heavy (non-hydrogen) atoms. The number of carbonyl (C=O) groups is 1. The van der Waals surface area contributed by atoms with Crippen molar-refractivity contribution in [3.63, 3.8) is 0 Å². The smallest absolute Gasteiger partial charge is 0.283 e. The van der Waals surface area contributed by atoms with Crippen molar-refractivity contribution in [3.8, 4) is 11.5 Å². The van der Waals surface area contributed by atoms with Crippen LogP contribution in [0.5, 0.6) is 11.5 Å². The highest BCUT2D eigenvalue weighted by Gasteiger charge is 2.16. The van der Waals surface area contributed by atoms with Gasteiger partial charge in [-0.15, -0.1) is 11.3 Å². The number of amides is 1.